The molecule has 24 heavy (non-hydrogen) atoms. The number of carbonyl (C=O) groups is 2. The predicted octanol–water partition coefficient (Wildman–Crippen LogP) is 2.83. The average Bonchev–Trinajstić information content (AvgIpc) is 2.86. The van der Waals surface area contributed by atoms with Crippen molar-refractivity contribution in [2.45, 2.75) is 20.3 Å². The molecular weight excluding hydrogens is 306 g/mol. The van der Waals surface area contributed by atoms with Crippen LogP contribution in [0, 0.1) is 13.8 Å². The average molecular weight is 323 g/mol. The molecule has 0 atom stereocenters. The van der Waals surface area contributed by atoms with Gasteiger partial charge in [-0.05, 0) is 43.7 Å². The van der Waals surface area contributed by atoms with Crippen LogP contribution in [0.3, 0.4) is 0 Å². The number of aryl methyl sites for hydroxylation is 2. The lowest BCUT2D eigenvalue weighted by Gasteiger charge is -2.08. The Hall–Kier alpha value is -3.15. The van der Waals surface area contributed by atoms with Crippen LogP contribution < -0.4 is 5.32 Å². The minimum absolute atomic E-state index is 0.0419. The summed E-state index contributed by atoms with van der Waals surface area (Å²) in [6, 6.07) is 12.5. The number of pyridine rings is 1. The summed E-state index contributed by atoms with van der Waals surface area (Å²) in [5, 5.41) is 11.6. The number of nitrogens with one attached hydrogen (secondary N) is 1. The van der Waals surface area contributed by atoms with Crippen LogP contribution in [-0.4, -0.2) is 26.4 Å². The Morgan fingerprint density at radius 1 is 1.12 bits per heavy atom. The second-order valence-corrected chi connectivity index (χ2v) is 5.63. The standard InChI is InChI=1S/C18H17N3O3/c1-11-4-3-5-15-19-12(2)17(21(11)15)18(24)20-14-8-6-13(7-9-14)10-16(22)23/h3-9H,10H2,1-2H3,(H,20,24)(H,22,23). The minimum Gasteiger partial charge on any atom is -0.481 e. The van der Waals surface area contributed by atoms with Gasteiger partial charge in [-0.25, -0.2) is 4.98 Å². The summed E-state index contributed by atoms with van der Waals surface area (Å²) >= 11 is 0. The van der Waals surface area contributed by atoms with Crippen LogP contribution in [0.4, 0.5) is 5.69 Å². The first kappa shape index (κ1) is 15.7. The van der Waals surface area contributed by atoms with E-state index in [1.165, 1.54) is 0 Å². The SMILES string of the molecule is Cc1nc2cccc(C)n2c1C(=O)Nc1ccc(CC(=O)O)cc1. The van der Waals surface area contributed by atoms with Gasteiger partial charge in [0.1, 0.15) is 11.3 Å². The number of carbonyl (C=O) groups excluding carboxylic acids is 1. The highest BCUT2D eigenvalue weighted by Gasteiger charge is 2.17. The van der Waals surface area contributed by atoms with Crippen LogP contribution >= 0.6 is 0 Å². The van der Waals surface area contributed by atoms with Gasteiger partial charge in [0.05, 0.1) is 12.1 Å². The van der Waals surface area contributed by atoms with Crippen LogP contribution in [0.1, 0.15) is 27.4 Å². The summed E-state index contributed by atoms with van der Waals surface area (Å²) in [4.78, 5) is 27.8. The van der Waals surface area contributed by atoms with Gasteiger partial charge in [0.25, 0.3) is 5.91 Å². The fraction of sp³-hybridized carbons (Fsp3) is 0.167. The largest absolute Gasteiger partial charge is 0.481 e. The second kappa shape index (κ2) is 6.16. The Balaban J connectivity index is 1.88. The molecule has 0 saturated heterocycles. The number of hydrogen-bond acceptors (Lipinski definition) is 3. The number of fused-ring (bicyclic) bond motifs is 1. The first-order valence-electron chi connectivity index (χ1n) is 7.52. The zero-order chi connectivity index (χ0) is 17.3. The van der Waals surface area contributed by atoms with Crippen LogP contribution in [-0.2, 0) is 11.2 Å². The number of anilines is 1. The number of hydrogen-bond donors (Lipinski definition) is 2. The Morgan fingerprint density at radius 2 is 1.83 bits per heavy atom. The third-order valence-corrected chi connectivity index (χ3v) is 3.80. The quantitative estimate of drug-likeness (QED) is 0.773. The molecule has 0 aliphatic carbocycles. The zero-order valence-electron chi connectivity index (χ0n) is 13.4. The van der Waals surface area contributed by atoms with Crippen LogP contribution in [0.25, 0.3) is 5.65 Å². The van der Waals surface area contributed by atoms with Crippen LogP contribution in [0.2, 0.25) is 0 Å². The molecule has 0 unspecified atom stereocenters. The highest BCUT2D eigenvalue weighted by Crippen LogP contribution is 2.17. The number of aliphatic carboxylic acids is 1. The number of carboxylic acids is 1. The number of carboxylic acid groups (broad SMARTS) is 1. The van der Waals surface area contributed by atoms with Gasteiger partial charge in [0, 0.05) is 11.4 Å². The van der Waals surface area contributed by atoms with Crippen LogP contribution in [0.15, 0.2) is 42.5 Å². The van der Waals surface area contributed by atoms with Gasteiger partial charge in [-0.2, -0.15) is 0 Å². The first-order valence-corrected chi connectivity index (χ1v) is 7.52. The third-order valence-electron chi connectivity index (χ3n) is 3.80. The molecule has 2 N–H and O–H groups in total. The third kappa shape index (κ3) is 2.99. The van der Waals surface area contributed by atoms with E-state index >= 15 is 0 Å². The molecule has 1 amide bonds. The number of rotatable bonds is 4. The van der Waals surface area contributed by atoms with Crippen molar-refractivity contribution in [3.8, 4) is 0 Å². The van der Waals surface area contributed by atoms with Gasteiger partial charge in [-0.1, -0.05) is 18.2 Å². The lowest BCUT2D eigenvalue weighted by atomic mass is 10.1. The van der Waals surface area contributed by atoms with E-state index in [1.807, 2.05) is 29.5 Å². The lowest BCUT2D eigenvalue weighted by Crippen LogP contribution is -2.16. The number of imidazole rings is 1. The number of amides is 1. The highest BCUT2D eigenvalue weighted by atomic mass is 16.4. The van der Waals surface area contributed by atoms with E-state index in [2.05, 4.69) is 10.3 Å². The summed E-state index contributed by atoms with van der Waals surface area (Å²) in [6.07, 6.45) is -0.0419. The summed E-state index contributed by atoms with van der Waals surface area (Å²) in [5.74, 6) is -1.14. The van der Waals surface area contributed by atoms with E-state index in [4.69, 9.17) is 5.11 Å². The molecule has 3 rings (SSSR count). The van der Waals surface area contributed by atoms with Crippen molar-refractivity contribution in [3.05, 3.63) is 65.1 Å². The molecule has 0 aliphatic heterocycles. The second-order valence-electron chi connectivity index (χ2n) is 5.63. The monoisotopic (exact) mass is 323 g/mol. The van der Waals surface area contributed by atoms with Crippen molar-refractivity contribution in [2.24, 2.45) is 0 Å². The number of benzene rings is 1. The zero-order valence-corrected chi connectivity index (χ0v) is 13.4. The van der Waals surface area contributed by atoms with Crippen molar-refractivity contribution in [1.82, 2.24) is 9.38 Å². The molecule has 0 bridgehead atoms. The van der Waals surface area contributed by atoms with Gasteiger partial charge < -0.3 is 10.4 Å². The van der Waals surface area contributed by atoms with Crippen molar-refractivity contribution in [2.75, 3.05) is 5.32 Å². The molecule has 1 aromatic carbocycles. The van der Waals surface area contributed by atoms with Gasteiger partial charge in [-0.15, -0.1) is 0 Å². The molecule has 3 aromatic rings. The number of aromatic nitrogens is 2. The van der Waals surface area contributed by atoms with Gasteiger partial charge in [0.15, 0.2) is 0 Å². The fourth-order valence-electron chi connectivity index (χ4n) is 2.70. The maximum absolute atomic E-state index is 12.7. The van der Waals surface area contributed by atoms with Gasteiger partial charge >= 0.3 is 5.97 Å². The minimum atomic E-state index is -0.886. The number of nitrogens with zero attached hydrogens (tertiary/aromatic N) is 2. The van der Waals surface area contributed by atoms with Crippen molar-refractivity contribution in [3.63, 3.8) is 0 Å². The van der Waals surface area contributed by atoms with E-state index in [9.17, 15) is 9.59 Å². The molecule has 0 spiro atoms. The Morgan fingerprint density at radius 3 is 2.50 bits per heavy atom. The Labute approximate surface area is 138 Å². The van der Waals surface area contributed by atoms with Crippen molar-refractivity contribution in [1.29, 1.82) is 0 Å². The molecule has 2 aromatic heterocycles. The topological polar surface area (TPSA) is 83.7 Å². The maximum Gasteiger partial charge on any atom is 0.307 e. The maximum atomic E-state index is 12.7. The highest BCUT2D eigenvalue weighted by molar-refractivity contribution is 6.04. The van der Waals surface area contributed by atoms with E-state index in [-0.39, 0.29) is 12.3 Å². The molecule has 0 aliphatic rings. The summed E-state index contributed by atoms with van der Waals surface area (Å²) in [5.41, 5.74) is 4.10. The van der Waals surface area contributed by atoms with Crippen molar-refractivity contribution >= 4 is 23.2 Å². The molecule has 0 radical (unpaired) electrons. The summed E-state index contributed by atoms with van der Waals surface area (Å²) < 4.78 is 1.82. The fourth-order valence-corrected chi connectivity index (χ4v) is 2.70. The molecule has 6 heteroatoms. The molecule has 2 heterocycles. The normalized spacial score (nSPS) is 10.8. The smallest absolute Gasteiger partial charge is 0.307 e. The van der Waals surface area contributed by atoms with Gasteiger partial charge in [-0.3, -0.25) is 14.0 Å². The van der Waals surface area contributed by atoms with E-state index in [0.29, 0.717) is 22.6 Å². The van der Waals surface area contributed by atoms with Crippen molar-refractivity contribution < 1.29 is 14.7 Å². The molecule has 0 fully saturated rings. The molecule has 0 saturated carbocycles. The van der Waals surface area contributed by atoms with Gasteiger partial charge in [0.2, 0.25) is 0 Å². The Kier molecular flexibility index (Phi) is 4.04. The van der Waals surface area contributed by atoms with E-state index in [1.54, 1.807) is 31.2 Å². The Bertz CT molecular complexity index is 927. The summed E-state index contributed by atoms with van der Waals surface area (Å²) in [6.45, 7) is 3.73. The molecule has 6 nitrogen and oxygen atoms in total. The van der Waals surface area contributed by atoms with Crippen LogP contribution in [0.5, 0.6) is 0 Å². The molecule has 122 valence electrons. The lowest BCUT2D eigenvalue weighted by molar-refractivity contribution is -0.136. The van der Waals surface area contributed by atoms with E-state index in [0.717, 1.165) is 11.3 Å². The van der Waals surface area contributed by atoms with E-state index < -0.39 is 5.97 Å². The summed E-state index contributed by atoms with van der Waals surface area (Å²) in [7, 11) is 0. The first-order chi connectivity index (χ1) is 11.5. The molecular formula is C18H17N3O3. The predicted molar refractivity (Wildman–Crippen MR) is 90.4 cm³/mol.